The average Bonchev–Trinajstić information content (AvgIpc) is 2.71. The minimum Gasteiger partial charge on any atom is -0.490 e. The van der Waals surface area contributed by atoms with Gasteiger partial charge in [-0.05, 0) is 37.6 Å². The summed E-state index contributed by atoms with van der Waals surface area (Å²) in [5, 5.41) is 13.0. The Hall–Kier alpha value is -1.30. The highest BCUT2D eigenvalue weighted by atomic mass is 16.5. The Morgan fingerprint density at radius 1 is 1.29 bits per heavy atom. The normalized spacial score (nSPS) is 17.1. The van der Waals surface area contributed by atoms with Gasteiger partial charge in [-0.3, -0.25) is 0 Å². The Kier molecular flexibility index (Phi) is 6.29. The molecule has 0 aromatic heterocycles. The van der Waals surface area contributed by atoms with Crippen molar-refractivity contribution in [3.63, 3.8) is 0 Å². The SMILES string of the molecule is COCC(O)CCNC(C)c1ccc2c(c1)OCCCO2. The Labute approximate surface area is 126 Å². The van der Waals surface area contributed by atoms with E-state index in [1.54, 1.807) is 7.11 Å². The maximum atomic E-state index is 9.62. The van der Waals surface area contributed by atoms with Gasteiger partial charge in [0.25, 0.3) is 0 Å². The molecule has 1 aromatic rings. The zero-order valence-electron chi connectivity index (χ0n) is 12.8. The van der Waals surface area contributed by atoms with Crippen LogP contribution >= 0.6 is 0 Å². The minimum atomic E-state index is -0.418. The van der Waals surface area contributed by atoms with Gasteiger partial charge in [0, 0.05) is 19.6 Å². The summed E-state index contributed by atoms with van der Waals surface area (Å²) in [5.74, 6) is 1.64. The van der Waals surface area contributed by atoms with Gasteiger partial charge < -0.3 is 24.6 Å². The Morgan fingerprint density at radius 2 is 2.05 bits per heavy atom. The molecule has 5 heteroatoms. The Morgan fingerprint density at radius 3 is 2.81 bits per heavy atom. The average molecular weight is 295 g/mol. The molecule has 2 rings (SSSR count). The van der Waals surface area contributed by atoms with Crippen LogP contribution in [0, 0.1) is 0 Å². The second-order valence-electron chi connectivity index (χ2n) is 5.33. The van der Waals surface area contributed by atoms with E-state index in [1.807, 2.05) is 12.1 Å². The third-order valence-corrected chi connectivity index (χ3v) is 3.56. The first kappa shape index (κ1) is 16.1. The number of methoxy groups -OCH3 is 1. The van der Waals surface area contributed by atoms with Crippen LogP contribution in [0.5, 0.6) is 11.5 Å². The zero-order chi connectivity index (χ0) is 15.1. The zero-order valence-corrected chi connectivity index (χ0v) is 12.8. The summed E-state index contributed by atoms with van der Waals surface area (Å²) in [6, 6.07) is 6.24. The van der Waals surface area contributed by atoms with Crippen LogP contribution in [0.25, 0.3) is 0 Å². The largest absolute Gasteiger partial charge is 0.490 e. The maximum absolute atomic E-state index is 9.62. The number of aliphatic hydroxyl groups is 1. The molecule has 118 valence electrons. The monoisotopic (exact) mass is 295 g/mol. The number of benzene rings is 1. The highest BCUT2D eigenvalue weighted by Gasteiger charge is 2.13. The van der Waals surface area contributed by atoms with Crippen LogP contribution in [-0.4, -0.2) is 44.7 Å². The highest BCUT2D eigenvalue weighted by molar-refractivity contribution is 5.44. The lowest BCUT2D eigenvalue weighted by molar-refractivity contribution is 0.0590. The van der Waals surface area contributed by atoms with E-state index >= 15 is 0 Å². The van der Waals surface area contributed by atoms with Crippen molar-refractivity contribution < 1.29 is 19.3 Å². The van der Waals surface area contributed by atoms with Gasteiger partial charge in [-0.15, -0.1) is 0 Å². The third kappa shape index (κ3) is 4.88. The summed E-state index contributed by atoms with van der Waals surface area (Å²) in [5.41, 5.74) is 1.15. The van der Waals surface area contributed by atoms with Crippen LogP contribution in [0.4, 0.5) is 0 Å². The van der Waals surface area contributed by atoms with Crippen molar-refractivity contribution in [2.75, 3.05) is 33.5 Å². The van der Waals surface area contributed by atoms with Gasteiger partial charge in [0.15, 0.2) is 11.5 Å². The molecule has 0 aliphatic carbocycles. The van der Waals surface area contributed by atoms with Gasteiger partial charge in [0.2, 0.25) is 0 Å². The molecule has 21 heavy (non-hydrogen) atoms. The van der Waals surface area contributed by atoms with E-state index in [9.17, 15) is 5.11 Å². The molecule has 0 bridgehead atoms. The quantitative estimate of drug-likeness (QED) is 0.804. The molecule has 0 spiro atoms. The number of rotatable bonds is 7. The number of hydrogen-bond donors (Lipinski definition) is 2. The molecule has 1 aromatic carbocycles. The number of hydrogen-bond acceptors (Lipinski definition) is 5. The van der Waals surface area contributed by atoms with Crippen LogP contribution in [0.2, 0.25) is 0 Å². The fourth-order valence-electron chi connectivity index (χ4n) is 2.31. The molecule has 1 heterocycles. The highest BCUT2D eigenvalue weighted by Crippen LogP contribution is 2.32. The van der Waals surface area contributed by atoms with Gasteiger partial charge in [0.05, 0.1) is 25.9 Å². The van der Waals surface area contributed by atoms with Crippen LogP contribution < -0.4 is 14.8 Å². The predicted octanol–water partition coefficient (Wildman–Crippen LogP) is 1.90. The third-order valence-electron chi connectivity index (χ3n) is 3.56. The maximum Gasteiger partial charge on any atom is 0.161 e. The van der Waals surface area contributed by atoms with Crippen LogP contribution in [-0.2, 0) is 4.74 Å². The summed E-state index contributed by atoms with van der Waals surface area (Å²) >= 11 is 0. The van der Waals surface area contributed by atoms with Gasteiger partial charge in [-0.25, -0.2) is 0 Å². The Balaban J connectivity index is 1.87. The molecule has 2 unspecified atom stereocenters. The number of nitrogens with one attached hydrogen (secondary N) is 1. The summed E-state index contributed by atoms with van der Waals surface area (Å²) in [6.45, 7) is 4.61. The van der Waals surface area contributed by atoms with E-state index in [2.05, 4.69) is 18.3 Å². The van der Waals surface area contributed by atoms with Crippen molar-refractivity contribution in [1.29, 1.82) is 0 Å². The molecule has 1 aliphatic heterocycles. The minimum absolute atomic E-state index is 0.192. The van der Waals surface area contributed by atoms with Gasteiger partial charge in [-0.2, -0.15) is 0 Å². The Bertz CT molecular complexity index is 438. The lowest BCUT2D eigenvalue weighted by atomic mass is 10.1. The molecule has 2 atom stereocenters. The second-order valence-corrected chi connectivity index (χ2v) is 5.33. The van der Waals surface area contributed by atoms with E-state index in [0.29, 0.717) is 26.2 Å². The van der Waals surface area contributed by atoms with E-state index in [1.165, 1.54) is 0 Å². The van der Waals surface area contributed by atoms with E-state index < -0.39 is 6.10 Å². The van der Waals surface area contributed by atoms with Crippen molar-refractivity contribution in [2.45, 2.75) is 31.9 Å². The molecule has 0 radical (unpaired) electrons. The summed E-state index contributed by atoms with van der Waals surface area (Å²) in [6.07, 6.45) is 1.16. The first-order chi connectivity index (χ1) is 10.2. The molecule has 0 fully saturated rings. The van der Waals surface area contributed by atoms with E-state index in [-0.39, 0.29) is 6.04 Å². The van der Waals surface area contributed by atoms with Crippen LogP contribution in [0.15, 0.2) is 18.2 Å². The molecule has 5 nitrogen and oxygen atoms in total. The first-order valence-corrected chi connectivity index (χ1v) is 7.50. The molecule has 0 saturated heterocycles. The summed E-state index contributed by atoms with van der Waals surface area (Å²) in [4.78, 5) is 0. The van der Waals surface area contributed by atoms with Crippen molar-refractivity contribution in [2.24, 2.45) is 0 Å². The molecule has 0 amide bonds. The fourth-order valence-corrected chi connectivity index (χ4v) is 2.31. The lowest BCUT2D eigenvalue weighted by Crippen LogP contribution is -2.25. The smallest absolute Gasteiger partial charge is 0.161 e. The molecule has 2 N–H and O–H groups in total. The fraction of sp³-hybridized carbons (Fsp3) is 0.625. The molecule has 1 aliphatic rings. The first-order valence-electron chi connectivity index (χ1n) is 7.50. The van der Waals surface area contributed by atoms with Crippen molar-refractivity contribution >= 4 is 0 Å². The second kappa shape index (κ2) is 8.22. The molecule has 0 saturated carbocycles. The predicted molar refractivity (Wildman–Crippen MR) is 81.0 cm³/mol. The number of aliphatic hydroxyl groups excluding tert-OH is 1. The van der Waals surface area contributed by atoms with Gasteiger partial charge in [0.1, 0.15) is 0 Å². The number of fused-ring (bicyclic) bond motifs is 1. The lowest BCUT2D eigenvalue weighted by Gasteiger charge is -2.17. The molecular formula is C16H25NO4. The van der Waals surface area contributed by atoms with E-state index in [4.69, 9.17) is 14.2 Å². The molecular weight excluding hydrogens is 270 g/mol. The summed E-state index contributed by atoms with van der Waals surface area (Å²) in [7, 11) is 1.59. The number of ether oxygens (including phenoxy) is 3. The summed E-state index contributed by atoms with van der Waals surface area (Å²) < 4.78 is 16.2. The van der Waals surface area contributed by atoms with Crippen LogP contribution in [0.1, 0.15) is 31.4 Å². The topological polar surface area (TPSA) is 60.0 Å². The standard InChI is InChI=1S/C16H25NO4/c1-12(17-7-6-14(18)11-19-2)13-4-5-15-16(10-13)21-9-3-8-20-15/h4-5,10,12,14,17-18H,3,6-9,11H2,1-2H3. The van der Waals surface area contributed by atoms with Gasteiger partial charge >= 0.3 is 0 Å². The van der Waals surface area contributed by atoms with E-state index in [0.717, 1.165) is 30.0 Å². The van der Waals surface area contributed by atoms with Crippen molar-refractivity contribution in [3.05, 3.63) is 23.8 Å². The van der Waals surface area contributed by atoms with Crippen molar-refractivity contribution in [3.8, 4) is 11.5 Å². The van der Waals surface area contributed by atoms with Crippen molar-refractivity contribution in [1.82, 2.24) is 5.32 Å². The van der Waals surface area contributed by atoms with Gasteiger partial charge in [-0.1, -0.05) is 6.07 Å². The van der Waals surface area contributed by atoms with Crippen LogP contribution in [0.3, 0.4) is 0 Å².